The van der Waals surface area contributed by atoms with Gasteiger partial charge in [-0.2, -0.15) is 8.42 Å². The third kappa shape index (κ3) is 1.69. The molecule has 0 amide bonds. The van der Waals surface area contributed by atoms with Gasteiger partial charge in [0.05, 0.1) is 4.88 Å². The first-order valence-corrected chi connectivity index (χ1v) is 5.81. The third-order valence-electron chi connectivity index (χ3n) is 1.53. The number of thiophene rings is 1. The molecule has 5 nitrogen and oxygen atoms in total. The molecular formula is C7H5NO4S2. The van der Waals surface area contributed by atoms with Crippen LogP contribution in [0.25, 0.3) is 10.6 Å². The lowest BCUT2D eigenvalue weighted by atomic mass is 10.3. The van der Waals surface area contributed by atoms with Crippen molar-refractivity contribution >= 4 is 21.5 Å². The number of hydrogen-bond donors (Lipinski definition) is 1. The fourth-order valence-corrected chi connectivity index (χ4v) is 2.57. The molecule has 74 valence electrons. The molecule has 0 aliphatic carbocycles. The molecule has 2 aromatic rings. The van der Waals surface area contributed by atoms with Crippen molar-refractivity contribution in [3.8, 4) is 10.6 Å². The molecule has 1 N–H and O–H groups in total. The van der Waals surface area contributed by atoms with Gasteiger partial charge in [0.25, 0.3) is 0 Å². The second-order valence-electron chi connectivity index (χ2n) is 2.48. The first-order valence-electron chi connectivity index (χ1n) is 3.55. The Morgan fingerprint density at radius 1 is 1.36 bits per heavy atom. The number of hydrogen-bond acceptors (Lipinski definition) is 5. The summed E-state index contributed by atoms with van der Waals surface area (Å²) in [6.45, 7) is 0. The topological polar surface area (TPSA) is 80.4 Å². The Morgan fingerprint density at radius 2 is 2.14 bits per heavy atom. The van der Waals surface area contributed by atoms with Gasteiger partial charge in [-0.25, -0.2) is 0 Å². The van der Waals surface area contributed by atoms with Gasteiger partial charge in [0.1, 0.15) is 16.2 Å². The smallest absolute Gasteiger partial charge is 0.304 e. The third-order valence-corrected chi connectivity index (χ3v) is 3.95. The Bertz CT molecular complexity index is 526. The van der Waals surface area contributed by atoms with Crippen LogP contribution in [0.2, 0.25) is 0 Å². The van der Waals surface area contributed by atoms with E-state index in [4.69, 9.17) is 4.55 Å². The van der Waals surface area contributed by atoms with Gasteiger partial charge >= 0.3 is 10.1 Å². The van der Waals surface area contributed by atoms with Crippen molar-refractivity contribution in [1.82, 2.24) is 5.16 Å². The van der Waals surface area contributed by atoms with E-state index in [1.165, 1.54) is 12.3 Å². The molecular weight excluding hydrogens is 226 g/mol. The lowest BCUT2D eigenvalue weighted by molar-refractivity contribution is 0.422. The van der Waals surface area contributed by atoms with E-state index in [2.05, 4.69) is 9.68 Å². The fourth-order valence-electron chi connectivity index (χ4n) is 0.936. The standard InChI is InChI=1S/C7H5NO4S2/c9-14(10,11)7-2-1-6(13-7)5-3-4-12-8-5/h1-4H,(H,9,10,11). The predicted octanol–water partition coefficient (Wildman–Crippen LogP) is 1.65. The monoisotopic (exact) mass is 231 g/mol. The Morgan fingerprint density at radius 3 is 2.64 bits per heavy atom. The van der Waals surface area contributed by atoms with E-state index in [0.29, 0.717) is 10.6 Å². The van der Waals surface area contributed by atoms with Gasteiger partial charge in [0, 0.05) is 6.07 Å². The SMILES string of the molecule is O=S(=O)(O)c1ccc(-c2ccon2)s1. The molecule has 0 fully saturated rings. The Balaban J connectivity index is 2.46. The molecule has 0 radical (unpaired) electrons. The number of nitrogens with zero attached hydrogens (tertiary/aromatic N) is 1. The van der Waals surface area contributed by atoms with Crippen molar-refractivity contribution in [3.63, 3.8) is 0 Å². The summed E-state index contributed by atoms with van der Waals surface area (Å²) < 4.78 is 34.7. The normalized spacial score (nSPS) is 11.8. The molecule has 0 aromatic carbocycles. The summed E-state index contributed by atoms with van der Waals surface area (Å²) in [5.74, 6) is 0. The molecule has 7 heteroatoms. The van der Waals surface area contributed by atoms with E-state index in [1.807, 2.05) is 0 Å². The minimum atomic E-state index is -4.11. The van der Waals surface area contributed by atoms with Gasteiger partial charge in [-0.3, -0.25) is 4.55 Å². The maximum atomic E-state index is 10.7. The highest BCUT2D eigenvalue weighted by atomic mass is 32.3. The highest BCUT2D eigenvalue weighted by Crippen LogP contribution is 2.29. The minimum absolute atomic E-state index is 0.101. The lowest BCUT2D eigenvalue weighted by Crippen LogP contribution is -1.92. The molecule has 0 spiro atoms. The Kier molecular flexibility index (Phi) is 2.14. The van der Waals surface area contributed by atoms with Gasteiger partial charge in [0.15, 0.2) is 0 Å². The van der Waals surface area contributed by atoms with Crippen LogP contribution >= 0.6 is 11.3 Å². The molecule has 14 heavy (non-hydrogen) atoms. The summed E-state index contributed by atoms with van der Waals surface area (Å²) in [6, 6.07) is 4.50. The van der Waals surface area contributed by atoms with Gasteiger partial charge in [-0.1, -0.05) is 5.16 Å². The first-order chi connectivity index (χ1) is 6.57. The van der Waals surface area contributed by atoms with Crippen molar-refractivity contribution in [2.45, 2.75) is 4.21 Å². The van der Waals surface area contributed by atoms with E-state index in [-0.39, 0.29) is 4.21 Å². The molecule has 2 heterocycles. The predicted molar refractivity (Wildman–Crippen MR) is 49.6 cm³/mol. The minimum Gasteiger partial charge on any atom is -0.364 e. The van der Waals surface area contributed by atoms with Crippen LogP contribution < -0.4 is 0 Å². The van der Waals surface area contributed by atoms with Crippen LogP contribution in [0.1, 0.15) is 0 Å². The van der Waals surface area contributed by atoms with Gasteiger partial charge in [-0.15, -0.1) is 11.3 Å². The van der Waals surface area contributed by atoms with Crippen molar-refractivity contribution in [2.24, 2.45) is 0 Å². The maximum absolute atomic E-state index is 10.7. The summed E-state index contributed by atoms with van der Waals surface area (Å²) in [7, 11) is -4.11. The van der Waals surface area contributed by atoms with Crippen molar-refractivity contribution in [3.05, 3.63) is 24.5 Å². The Hall–Kier alpha value is -1.18. The van der Waals surface area contributed by atoms with Crippen LogP contribution in [0.4, 0.5) is 0 Å². The average molecular weight is 231 g/mol. The zero-order valence-electron chi connectivity index (χ0n) is 6.75. The van der Waals surface area contributed by atoms with E-state index in [0.717, 1.165) is 11.3 Å². The van der Waals surface area contributed by atoms with Gasteiger partial charge in [-0.05, 0) is 12.1 Å². The van der Waals surface area contributed by atoms with Crippen LogP contribution in [-0.2, 0) is 10.1 Å². The summed E-state index contributed by atoms with van der Waals surface area (Å²) in [5.41, 5.74) is 0.546. The van der Waals surface area contributed by atoms with Crippen molar-refractivity contribution < 1.29 is 17.5 Å². The molecule has 0 saturated heterocycles. The van der Waals surface area contributed by atoms with Crippen LogP contribution in [-0.4, -0.2) is 18.1 Å². The Labute approximate surface area is 83.7 Å². The summed E-state index contributed by atoms with van der Waals surface area (Å²) in [5, 5.41) is 3.64. The summed E-state index contributed by atoms with van der Waals surface area (Å²) in [6.07, 6.45) is 1.39. The van der Waals surface area contributed by atoms with E-state index < -0.39 is 10.1 Å². The molecule has 2 aromatic heterocycles. The molecule has 0 bridgehead atoms. The van der Waals surface area contributed by atoms with Crippen molar-refractivity contribution in [2.75, 3.05) is 0 Å². The van der Waals surface area contributed by atoms with Gasteiger partial charge < -0.3 is 4.52 Å². The van der Waals surface area contributed by atoms with Crippen LogP contribution in [0.5, 0.6) is 0 Å². The van der Waals surface area contributed by atoms with Crippen molar-refractivity contribution in [1.29, 1.82) is 0 Å². The summed E-state index contributed by atoms with van der Waals surface area (Å²) >= 11 is 0.937. The van der Waals surface area contributed by atoms with Crippen LogP contribution in [0.3, 0.4) is 0 Å². The van der Waals surface area contributed by atoms with E-state index in [1.54, 1.807) is 12.1 Å². The first kappa shape index (κ1) is 9.38. The highest BCUT2D eigenvalue weighted by molar-refractivity contribution is 7.88. The zero-order chi connectivity index (χ0) is 10.2. The maximum Gasteiger partial charge on any atom is 0.304 e. The quantitative estimate of drug-likeness (QED) is 0.795. The zero-order valence-corrected chi connectivity index (χ0v) is 8.38. The molecule has 0 unspecified atom stereocenters. The van der Waals surface area contributed by atoms with Gasteiger partial charge in [0.2, 0.25) is 0 Å². The second-order valence-corrected chi connectivity index (χ2v) is 5.21. The average Bonchev–Trinajstić information content (AvgIpc) is 2.73. The summed E-state index contributed by atoms with van der Waals surface area (Å²) in [4.78, 5) is 0.631. The second kappa shape index (κ2) is 3.19. The highest BCUT2D eigenvalue weighted by Gasteiger charge is 2.14. The molecule has 0 atom stereocenters. The number of aromatic nitrogens is 1. The van der Waals surface area contributed by atoms with Crippen LogP contribution in [0.15, 0.2) is 33.2 Å². The van der Waals surface area contributed by atoms with E-state index in [9.17, 15) is 8.42 Å². The lowest BCUT2D eigenvalue weighted by Gasteiger charge is -1.87. The van der Waals surface area contributed by atoms with E-state index >= 15 is 0 Å². The number of rotatable bonds is 2. The fraction of sp³-hybridized carbons (Fsp3) is 0. The largest absolute Gasteiger partial charge is 0.364 e. The van der Waals surface area contributed by atoms with Crippen LogP contribution in [0, 0.1) is 0 Å². The molecule has 0 aliphatic rings. The molecule has 0 aliphatic heterocycles. The molecule has 0 saturated carbocycles. The molecule has 2 rings (SSSR count).